The molecule has 1 aromatic heterocycles. The summed E-state index contributed by atoms with van der Waals surface area (Å²) in [5.41, 5.74) is 0.855. The van der Waals surface area contributed by atoms with Crippen LogP contribution in [0.15, 0.2) is 51.7 Å². The summed E-state index contributed by atoms with van der Waals surface area (Å²) in [5.74, 6) is -0.128. The van der Waals surface area contributed by atoms with Crippen molar-refractivity contribution in [2.45, 2.75) is 32.2 Å². The van der Waals surface area contributed by atoms with Gasteiger partial charge in [-0.3, -0.25) is 9.59 Å². The largest absolute Gasteiger partial charge is 0.494 e. The molecule has 1 amide bonds. The number of hydrogen-bond donors (Lipinski definition) is 0. The van der Waals surface area contributed by atoms with E-state index in [4.69, 9.17) is 9.15 Å². The molecule has 0 saturated carbocycles. The molecule has 0 saturated heterocycles. The van der Waals surface area contributed by atoms with Crippen LogP contribution in [0.3, 0.4) is 0 Å². The highest BCUT2D eigenvalue weighted by atomic mass is 19.1. The number of benzene rings is 2. The van der Waals surface area contributed by atoms with Crippen molar-refractivity contribution in [3.63, 3.8) is 0 Å². The first-order valence-corrected chi connectivity index (χ1v) is 11.4. The zero-order chi connectivity index (χ0) is 23.5. The quantitative estimate of drug-likeness (QED) is 0.444. The van der Waals surface area contributed by atoms with Crippen LogP contribution < -0.4 is 10.2 Å². The fourth-order valence-corrected chi connectivity index (χ4v) is 4.24. The SMILES string of the molecule is CCCCOc1cccc(C2c3c(oc4ccc(F)cc4c3=O)C(=O)N2CCCN(C)C)c1. The second-order valence-electron chi connectivity index (χ2n) is 8.65. The average Bonchev–Trinajstić information content (AvgIpc) is 3.07. The van der Waals surface area contributed by atoms with Crippen LogP contribution in [0.4, 0.5) is 4.39 Å². The molecule has 174 valence electrons. The topological polar surface area (TPSA) is 63.0 Å². The molecule has 1 aliphatic heterocycles. The van der Waals surface area contributed by atoms with Crippen molar-refractivity contribution in [3.05, 3.63) is 75.4 Å². The first-order chi connectivity index (χ1) is 15.9. The number of unbranched alkanes of at least 4 members (excludes halogenated alkanes) is 1. The van der Waals surface area contributed by atoms with Crippen LogP contribution in [-0.2, 0) is 0 Å². The maximum Gasteiger partial charge on any atom is 0.290 e. The fraction of sp³-hybridized carbons (Fsp3) is 0.385. The number of carbonyl (C=O) groups excluding carboxylic acids is 1. The number of nitrogens with zero attached hydrogens (tertiary/aromatic N) is 2. The summed E-state index contributed by atoms with van der Waals surface area (Å²) in [4.78, 5) is 30.6. The van der Waals surface area contributed by atoms with Crippen molar-refractivity contribution in [2.24, 2.45) is 0 Å². The Balaban J connectivity index is 1.81. The number of halogens is 1. The summed E-state index contributed by atoms with van der Waals surface area (Å²) in [5, 5.41) is 0.136. The first-order valence-electron chi connectivity index (χ1n) is 11.4. The van der Waals surface area contributed by atoms with Gasteiger partial charge in [-0.2, -0.15) is 0 Å². The molecule has 0 N–H and O–H groups in total. The molecule has 2 heterocycles. The molecule has 1 aliphatic rings. The van der Waals surface area contributed by atoms with Crippen molar-refractivity contribution in [3.8, 4) is 5.75 Å². The van der Waals surface area contributed by atoms with Gasteiger partial charge in [0.2, 0.25) is 5.76 Å². The highest BCUT2D eigenvalue weighted by Gasteiger charge is 2.42. The van der Waals surface area contributed by atoms with Crippen molar-refractivity contribution in [1.29, 1.82) is 0 Å². The minimum atomic E-state index is -0.617. The minimum Gasteiger partial charge on any atom is -0.494 e. The summed E-state index contributed by atoms with van der Waals surface area (Å²) in [6.07, 6.45) is 2.69. The highest BCUT2D eigenvalue weighted by Crippen LogP contribution is 2.39. The smallest absolute Gasteiger partial charge is 0.290 e. The van der Waals surface area contributed by atoms with Gasteiger partial charge >= 0.3 is 0 Å². The zero-order valence-corrected chi connectivity index (χ0v) is 19.3. The Kier molecular flexibility index (Phi) is 6.79. The second-order valence-corrected chi connectivity index (χ2v) is 8.65. The van der Waals surface area contributed by atoms with Crippen LogP contribution in [0.25, 0.3) is 11.0 Å². The van der Waals surface area contributed by atoms with Gasteiger partial charge in [-0.25, -0.2) is 4.39 Å². The Morgan fingerprint density at radius 3 is 2.70 bits per heavy atom. The van der Waals surface area contributed by atoms with E-state index < -0.39 is 11.9 Å². The van der Waals surface area contributed by atoms with Crippen LogP contribution in [0, 0.1) is 5.82 Å². The first kappa shape index (κ1) is 23.0. The van der Waals surface area contributed by atoms with Crippen molar-refractivity contribution in [2.75, 3.05) is 33.8 Å². The molecule has 6 nitrogen and oxygen atoms in total. The molecule has 7 heteroatoms. The third-order valence-electron chi connectivity index (χ3n) is 5.87. The summed E-state index contributed by atoms with van der Waals surface area (Å²) in [7, 11) is 3.95. The number of carbonyl (C=O) groups is 1. The Morgan fingerprint density at radius 2 is 1.94 bits per heavy atom. The average molecular weight is 453 g/mol. The standard InChI is InChI=1S/C26H29FN2O4/c1-4-5-14-32-19-9-6-8-17(15-19)23-22-24(30)20-16-18(27)10-11-21(20)33-25(22)26(31)29(23)13-7-12-28(2)3/h6,8-11,15-16,23H,4-5,7,12-14H2,1-3H3. The summed E-state index contributed by atoms with van der Waals surface area (Å²) in [6.45, 7) is 3.94. The monoisotopic (exact) mass is 452 g/mol. The van der Waals surface area contributed by atoms with Gasteiger partial charge in [0, 0.05) is 6.54 Å². The van der Waals surface area contributed by atoms with Gasteiger partial charge in [-0.1, -0.05) is 25.5 Å². The van der Waals surface area contributed by atoms with Crippen LogP contribution in [-0.4, -0.2) is 49.5 Å². The Hall–Kier alpha value is -3.19. The van der Waals surface area contributed by atoms with Crippen LogP contribution >= 0.6 is 0 Å². The Labute approximate surface area is 192 Å². The van der Waals surface area contributed by atoms with E-state index in [1.54, 1.807) is 4.90 Å². The molecule has 0 fully saturated rings. The molecule has 1 atom stereocenters. The highest BCUT2D eigenvalue weighted by molar-refractivity contribution is 5.99. The van der Waals surface area contributed by atoms with Gasteiger partial charge in [0.25, 0.3) is 5.91 Å². The third-order valence-corrected chi connectivity index (χ3v) is 5.87. The van der Waals surface area contributed by atoms with E-state index in [2.05, 4.69) is 6.92 Å². The summed E-state index contributed by atoms with van der Waals surface area (Å²) in [6, 6.07) is 10.7. The lowest BCUT2D eigenvalue weighted by molar-refractivity contribution is 0.0722. The van der Waals surface area contributed by atoms with Gasteiger partial charge in [0.15, 0.2) is 5.43 Å². The van der Waals surface area contributed by atoms with Crippen LogP contribution in [0.2, 0.25) is 0 Å². The van der Waals surface area contributed by atoms with E-state index in [-0.39, 0.29) is 33.6 Å². The second kappa shape index (κ2) is 9.75. The Bertz CT molecular complexity index is 1220. The molecule has 0 radical (unpaired) electrons. The lowest BCUT2D eigenvalue weighted by Gasteiger charge is -2.26. The molecule has 4 rings (SSSR count). The molecule has 33 heavy (non-hydrogen) atoms. The minimum absolute atomic E-state index is 0.0336. The lowest BCUT2D eigenvalue weighted by atomic mass is 9.98. The van der Waals surface area contributed by atoms with E-state index >= 15 is 0 Å². The number of fused-ring (bicyclic) bond motifs is 2. The predicted octanol–water partition coefficient (Wildman–Crippen LogP) is 4.61. The van der Waals surface area contributed by atoms with Crippen molar-refractivity contribution >= 4 is 16.9 Å². The third kappa shape index (κ3) is 4.64. The summed E-state index contributed by atoms with van der Waals surface area (Å²) >= 11 is 0. The predicted molar refractivity (Wildman–Crippen MR) is 125 cm³/mol. The van der Waals surface area contributed by atoms with E-state index in [0.717, 1.165) is 31.4 Å². The number of rotatable bonds is 9. The molecule has 3 aromatic rings. The fourth-order valence-electron chi connectivity index (χ4n) is 4.24. The van der Waals surface area contributed by atoms with Crippen molar-refractivity contribution < 1.29 is 18.3 Å². The normalized spacial score (nSPS) is 15.5. The molecule has 1 unspecified atom stereocenters. The van der Waals surface area contributed by atoms with Crippen molar-refractivity contribution in [1.82, 2.24) is 9.80 Å². The molecular weight excluding hydrogens is 423 g/mol. The lowest BCUT2D eigenvalue weighted by Crippen LogP contribution is -2.32. The zero-order valence-electron chi connectivity index (χ0n) is 19.3. The van der Waals surface area contributed by atoms with Gasteiger partial charge in [0.1, 0.15) is 17.1 Å². The van der Waals surface area contributed by atoms with Gasteiger partial charge in [0.05, 0.1) is 23.6 Å². The molecular formula is C26H29FN2O4. The number of ether oxygens (including phenoxy) is 1. The maximum atomic E-state index is 13.9. The molecule has 0 aliphatic carbocycles. The summed E-state index contributed by atoms with van der Waals surface area (Å²) < 4.78 is 25.6. The van der Waals surface area contributed by atoms with Gasteiger partial charge in [-0.15, -0.1) is 0 Å². The number of hydrogen-bond acceptors (Lipinski definition) is 5. The van der Waals surface area contributed by atoms with Crippen LogP contribution in [0.1, 0.15) is 53.9 Å². The Morgan fingerprint density at radius 1 is 1.12 bits per heavy atom. The molecule has 2 aromatic carbocycles. The molecule has 0 bridgehead atoms. The maximum absolute atomic E-state index is 13.9. The van der Waals surface area contributed by atoms with E-state index in [1.165, 1.54) is 18.2 Å². The van der Waals surface area contributed by atoms with E-state index in [1.807, 2.05) is 43.3 Å². The van der Waals surface area contributed by atoms with E-state index in [0.29, 0.717) is 18.9 Å². The van der Waals surface area contributed by atoms with E-state index in [9.17, 15) is 14.0 Å². The van der Waals surface area contributed by atoms with Crippen LogP contribution in [0.5, 0.6) is 5.75 Å². The van der Waals surface area contributed by atoms with Gasteiger partial charge < -0.3 is 19.0 Å². The van der Waals surface area contributed by atoms with Gasteiger partial charge in [-0.05, 0) is 69.4 Å². The molecule has 0 spiro atoms. The number of amides is 1.